The fourth-order valence-corrected chi connectivity index (χ4v) is 3.61. The van der Waals surface area contributed by atoms with Crippen molar-refractivity contribution in [1.82, 2.24) is 14.9 Å². The van der Waals surface area contributed by atoms with Crippen LogP contribution < -0.4 is 15.6 Å². The number of carbonyl (C=O) groups excluding carboxylic acids is 1. The molecular weight excluding hydrogens is 451 g/mol. The lowest BCUT2D eigenvalue weighted by Crippen LogP contribution is -2.42. The number of nitrogens with zero attached hydrogens (tertiary/aromatic N) is 2. The van der Waals surface area contributed by atoms with Crippen LogP contribution in [0.15, 0.2) is 35.4 Å². The van der Waals surface area contributed by atoms with Crippen molar-refractivity contribution in [3.05, 3.63) is 46.5 Å². The number of benzene rings is 1. The van der Waals surface area contributed by atoms with Crippen molar-refractivity contribution < 1.29 is 27.4 Å². The zero-order valence-corrected chi connectivity index (χ0v) is 19.7. The highest BCUT2D eigenvalue weighted by molar-refractivity contribution is 6.06. The van der Waals surface area contributed by atoms with Gasteiger partial charge in [-0.25, -0.2) is 4.79 Å². The summed E-state index contributed by atoms with van der Waals surface area (Å²) in [6, 6.07) is 4.26. The van der Waals surface area contributed by atoms with Gasteiger partial charge in [0.2, 0.25) is 0 Å². The summed E-state index contributed by atoms with van der Waals surface area (Å²) in [5.74, 6) is 0.348. The zero-order valence-electron chi connectivity index (χ0n) is 19.7. The van der Waals surface area contributed by atoms with E-state index in [1.165, 1.54) is 4.57 Å². The number of nitrogens with one attached hydrogen (secondary N) is 1. The van der Waals surface area contributed by atoms with Gasteiger partial charge < -0.3 is 19.4 Å². The van der Waals surface area contributed by atoms with Crippen LogP contribution in [-0.4, -0.2) is 40.1 Å². The number of rotatable bonds is 6. The normalized spacial score (nSPS) is 13.2. The summed E-state index contributed by atoms with van der Waals surface area (Å²) in [7, 11) is 1.64. The average molecular weight is 479 g/mol. The standard InChI is InChI=1S/C24H28F3N3O4/c1-14-10-17-16-7-9-28-12-19(16)30(5)21(31)18(17)11-20(14)33-13-15(6-8-24(25,26)27)29-22(32)34-23(2,3)4/h7,9-12,15H,6,8,13H2,1-5H3,(H,29,32). The SMILES string of the molecule is Cc1cc2c(cc1OCC(CCC(F)(F)F)NC(=O)OC(C)(C)C)c(=O)n(C)c1cnccc21. The van der Waals surface area contributed by atoms with Crippen molar-refractivity contribution in [3.63, 3.8) is 0 Å². The molecule has 0 aliphatic heterocycles. The molecule has 34 heavy (non-hydrogen) atoms. The van der Waals surface area contributed by atoms with E-state index in [2.05, 4.69) is 10.3 Å². The molecule has 0 spiro atoms. The first-order valence-corrected chi connectivity index (χ1v) is 10.8. The Morgan fingerprint density at radius 2 is 1.88 bits per heavy atom. The Hall–Kier alpha value is -3.30. The third kappa shape index (κ3) is 6.18. The topological polar surface area (TPSA) is 82.5 Å². The molecule has 0 aliphatic carbocycles. The molecule has 0 saturated heterocycles. The van der Waals surface area contributed by atoms with Gasteiger partial charge in [-0.1, -0.05) is 0 Å². The summed E-state index contributed by atoms with van der Waals surface area (Å²) >= 11 is 0. The van der Waals surface area contributed by atoms with E-state index in [0.717, 1.165) is 10.8 Å². The minimum Gasteiger partial charge on any atom is -0.491 e. The van der Waals surface area contributed by atoms with Crippen LogP contribution in [0, 0.1) is 6.92 Å². The fourth-order valence-electron chi connectivity index (χ4n) is 3.61. The second kappa shape index (κ2) is 9.52. The molecule has 0 aliphatic rings. The van der Waals surface area contributed by atoms with Crippen LogP contribution in [0.4, 0.5) is 18.0 Å². The van der Waals surface area contributed by atoms with Crippen molar-refractivity contribution in [2.24, 2.45) is 7.05 Å². The Labute approximate surface area is 194 Å². The van der Waals surface area contributed by atoms with Gasteiger partial charge in [0, 0.05) is 25.1 Å². The lowest BCUT2D eigenvalue weighted by molar-refractivity contribution is -0.137. The minimum atomic E-state index is -4.38. The van der Waals surface area contributed by atoms with E-state index in [1.807, 2.05) is 6.07 Å². The van der Waals surface area contributed by atoms with E-state index in [9.17, 15) is 22.8 Å². The van der Waals surface area contributed by atoms with Crippen LogP contribution in [0.1, 0.15) is 39.2 Å². The molecule has 2 heterocycles. The number of alkyl halides is 3. The van der Waals surface area contributed by atoms with Gasteiger partial charge in [-0.3, -0.25) is 9.78 Å². The molecule has 10 heteroatoms. The second-order valence-corrected chi connectivity index (χ2v) is 9.23. The summed E-state index contributed by atoms with van der Waals surface area (Å²) in [4.78, 5) is 29.1. The molecule has 0 bridgehead atoms. The van der Waals surface area contributed by atoms with Crippen LogP contribution in [0.3, 0.4) is 0 Å². The van der Waals surface area contributed by atoms with Crippen molar-refractivity contribution >= 4 is 27.8 Å². The van der Waals surface area contributed by atoms with E-state index in [-0.39, 0.29) is 18.6 Å². The molecule has 1 N–H and O–H groups in total. The summed E-state index contributed by atoms with van der Waals surface area (Å²) < 4.78 is 50.9. The first-order valence-electron chi connectivity index (χ1n) is 10.8. The van der Waals surface area contributed by atoms with Gasteiger partial charge >= 0.3 is 12.3 Å². The summed E-state index contributed by atoms with van der Waals surface area (Å²) in [6.45, 7) is 6.54. The summed E-state index contributed by atoms with van der Waals surface area (Å²) in [5.41, 5.74) is 0.334. The molecule has 1 amide bonds. The molecule has 0 fully saturated rings. The van der Waals surface area contributed by atoms with E-state index < -0.39 is 30.3 Å². The number of pyridine rings is 2. The number of carbonyl (C=O) groups is 1. The predicted molar refractivity (Wildman–Crippen MR) is 123 cm³/mol. The lowest BCUT2D eigenvalue weighted by Gasteiger charge is -2.24. The van der Waals surface area contributed by atoms with Crippen LogP contribution in [0.2, 0.25) is 0 Å². The van der Waals surface area contributed by atoms with Gasteiger partial charge in [0.15, 0.2) is 0 Å². The molecule has 2 aromatic heterocycles. The lowest BCUT2D eigenvalue weighted by atomic mass is 10.0. The second-order valence-electron chi connectivity index (χ2n) is 9.23. The molecule has 1 atom stereocenters. The maximum absolute atomic E-state index is 12.9. The van der Waals surface area contributed by atoms with Gasteiger partial charge in [0.1, 0.15) is 18.0 Å². The van der Waals surface area contributed by atoms with Gasteiger partial charge in [-0.15, -0.1) is 0 Å². The number of fused-ring (bicyclic) bond motifs is 3. The van der Waals surface area contributed by atoms with Crippen LogP contribution >= 0.6 is 0 Å². The number of aromatic nitrogens is 2. The number of halogens is 3. The van der Waals surface area contributed by atoms with E-state index >= 15 is 0 Å². The van der Waals surface area contributed by atoms with Crippen LogP contribution in [-0.2, 0) is 11.8 Å². The van der Waals surface area contributed by atoms with E-state index in [4.69, 9.17) is 9.47 Å². The third-order valence-corrected chi connectivity index (χ3v) is 5.24. The Bertz CT molecular complexity index is 1260. The molecule has 0 saturated carbocycles. The maximum Gasteiger partial charge on any atom is 0.407 e. The highest BCUT2D eigenvalue weighted by atomic mass is 19.4. The molecule has 0 radical (unpaired) electrons. The van der Waals surface area contributed by atoms with Crippen LogP contribution in [0.5, 0.6) is 5.75 Å². The summed E-state index contributed by atoms with van der Waals surface area (Å²) in [5, 5.41) is 4.44. The Morgan fingerprint density at radius 3 is 2.53 bits per heavy atom. The Balaban J connectivity index is 1.88. The van der Waals surface area contributed by atoms with Gasteiger partial charge in [-0.2, -0.15) is 13.2 Å². The zero-order chi connectivity index (χ0) is 25.3. The molecule has 3 aromatic rings. The Morgan fingerprint density at radius 1 is 1.18 bits per heavy atom. The van der Waals surface area contributed by atoms with Crippen molar-refractivity contribution in [2.45, 2.75) is 58.4 Å². The van der Waals surface area contributed by atoms with Crippen molar-refractivity contribution in [3.8, 4) is 5.75 Å². The molecule has 1 unspecified atom stereocenters. The molecule has 3 rings (SSSR count). The van der Waals surface area contributed by atoms with E-state index in [0.29, 0.717) is 22.2 Å². The minimum absolute atomic E-state index is 0.223. The summed E-state index contributed by atoms with van der Waals surface area (Å²) in [6.07, 6.45) is -3.42. The number of hydrogen-bond acceptors (Lipinski definition) is 5. The molecule has 1 aromatic carbocycles. The monoisotopic (exact) mass is 479 g/mol. The Kier molecular flexibility index (Phi) is 7.09. The van der Waals surface area contributed by atoms with Crippen molar-refractivity contribution in [1.29, 1.82) is 0 Å². The quantitative estimate of drug-likeness (QED) is 0.503. The number of aryl methyl sites for hydroxylation is 2. The average Bonchev–Trinajstić information content (AvgIpc) is 2.72. The molecule has 184 valence electrons. The van der Waals surface area contributed by atoms with Gasteiger partial charge in [-0.05, 0) is 63.3 Å². The number of alkyl carbamates (subject to hydrolysis) is 1. The fraction of sp³-hybridized carbons (Fsp3) is 0.458. The number of amides is 1. The molecule has 7 nitrogen and oxygen atoms in total. The van der Waals surface area contributed by atoms with Crippen LogP contribution in [0.25, 0.3) is 21.7 Å². The number of ether oxygens (including phenoxy) is 2. The first kappa shape index (κ1) is 25.3. The number of hydrogen-bond donors (Lipinski definition) is 1. The highest BCUT2D eigenvalue weighted by Gasteiger charge is 2.30. The van der Waals surface area contributed by atoms with Gasteiger partial charge in [0.05, 0.1) is 23.1 Å². The highest BCUT2D eigenvalue weighted by Crippen LogP contribution is 2.29. The van der Waals surface area contributed by atoms with Gasteiger partial charge in [0.25, 0.3) is 5.56 Å². The van der Waals surface area contributed by atoms with Crippen molar-refractivity contribution in [2.75, 3.05) is 6.61 Å². The third-order valence-electron chi connectivity index (χ3n) is 5.24. The maximum atomic E-state index is 12.9. The first-order chi connectivity index (χ1) is 15.7. The largest absolute Gasteiger partial charge is 0.491 e. The predicted octanol–water partition coefficient (Wildman–Crippen LogP) is 5.01. The molecular formula is C24H28F3N3O4. The van der Waals surface area contributed by atoms with E-state index in [1.54, 1.807) is 59.3 Å². The smallest absolute Gasteiger partial charge is 0.407 e.